The highest BCUT2D eigenvalue weighted by Crippen LogP contribution is 2.39. The normalized spacial score (nSPS) is 10.2. The number of thiol groups is 1. The number of nitrogens with one attached hydrogen (secondary N) is 1. The second-order valence-electron chi connectivity index (χ2n) is 5.63. The Bertz CT molecular complexity index is 1220. The van der Waals surface area contributed by atoms with Crippen molar-refractivity contribution in [1.29, 1.82) is 5.41 Å². The van der Waals surface area contributed by atoms with E-state index in [0.717, 1.165) is 12.3 Å². The molecule has 29 heavy (non-hydrogen) atoms. The summed E-state index contributed by atoms with van der Waals surface area (Å²) in [6.45, 7) is 0. The minimum absolute atomic E-state index is 0.00483. The van der Waals surface area contributed by atoms with Crippen molar-refractivity contribution in [2.45, 2.75) is 4.90 Å². The summed E-state index contributed by atoms with van der Waals surface area (Å²) in [5, 5.41) is 9.96. The number of halogens is 3. The van der Waals surface area contributed by atoms with Gasteiger partial charge in [0, 0.05) is 45.8 Å². The molecule has 3 rings (SSSR count). The van der Waals surface area contributed by atoms with Crippen LogP contribution in [0.5, 0.6) is 0 Å². The number of nitroso groups, excluding NO2 is 1. The Kier molecular flexibility index (Phi) is 5.87. The lowest BCUT2D eigenvalue weighted by Gasteiger charge is -2.10. The molecule has 144 valence electrons. The number of benzene rings is 1. The molecule has 0 bridgehead atoms. The molecule has 0 aliphatic heterocycles. The predicted octanol–water partition coefficient (Wildman–Crippen LogP) is 4.74. The average molecular weight is 430 g/mol. The molecule has 0 aliphatic carbocycles. The topological polar surface area (TPSA) is 105 Å². The molecule has 0 saturated heterocycles. The van der Waals surface area contributed by atoms with E-state index in [9.17, 15) is 13.7 Å². The maximum absolute atomic E-state index is 14.8. The van der Waals surface area contributed by atoms with Crippen LogP contribution in [0.25, 0.3) is 11.1 Å². The zero-order chi connectivity index (χ0) is 21.1. The van der Waals surface area contributed by atoms with Gasteiger partial charge in [0.2, 0.25) is 0 Å². The molecule has 2 heterocycles. The van der Waals surface area contributed by atoms with Crippen LogP contribution in [0.2, 0.25) is 5.15 Å². The number of hydrogen-bond donors (Lipinski definition) is 3. The van der Waals surface area contributed by atoms with E-state index in [1.54, 1.807) is 0 Å². The van der Waals surface area contributed by atoms with Crippen molar-refractivity contribution in [3.05, 3.63) is 69.0 Å². The van der Waals surface area contributed by atoms with Crippen LogP contribution in [0.15, 0.2) is 40.7 Å². The van der Waals surface area contributed by atoms with Gasteiger partial charge in [0.25, 0.3) is 0 Å². The molecule has 3 aromatic rings. The molecule has 0 spiro atoms. The van der Waals surface area contributed by atoms with Crippen LogP contribution in [-0.4, -0.2) is 16.2 Å². The number of anilines is 1. The highest BCUT2D eigenvalue weighted by atomic mass is 35.5. The second kappa shape index (κ2) is 8.34. The molecule has 0 unspecified atom stereocenters. The molecule has 2 aromatic heterocycles. The summed E-state index contributed by atoms with van der Waals surface area (Å²) in [4.78, 5) is 19.1. The number of rotatable bonds is 3. The molecular weight excluding hydrogens is 420 g/mol. The predicted molar refractivity (Wildman–Crippen MR) is 110 cm³/mol. The van der Waals surface area contributed by atoms with Gasteiger partial charge < -0.3 is 11.1 Å². The monoisotopic (exact) mass is 429 g/mol. The van der Waals surface area contributed by atoms with Crippen molar-refractivity contribution in [2.75, 3.05) is 5.73 Å². The third-order valence-corrected chi connectivity index (χ3v) is 4.76. The summed E-state index contributed by atoms with van der Waals surface area (Å²) in [5.74, 6) is 2.76. The zero-order valence-corrected chi connectivity index (χ0v) is 16.0. The van der Waals surface area contributed by atoms with Gasteiger partial charge in [-0.2, -0.15) is 0 Å². The van der Waals surface area contributed by atoms with Gasteiger partial charge in [0.15, 0.2) is 11.5 Å². The van der Waals surface area contributed by atoms with Gasteiger partial charge in [-0.1, -0.05) is 23.4 Å². The Labute approximate surface area is 174 Å². The van der Waals surface area contributed by atoms with Crippen molar-refractivity contribution in [3.63, 3.8) is 0 Å². The summed E-state index contributed by atoms with van der Waals surface area (Å²) in [5.41, 5.74) is 4.96. The average Bonchev–Trinajstić information content (AvgIpc) is 2.70. The summed E-state index contributed by atoms with van der Waals surface area (Å²) >= 11 is 10.1. The molecule has 0 saturated carbocycles. The smallest absolute Gasteiger partial charge is 0.171 e. The number of pyridine rings is 2. The van der Waals surface area contributed by atoms with Crippen LogP contribution >= 0.6 is 24.2 Å². The fourth-order valence-corrected chi connectivity index (χ4v) is 2.89. The van der Waals surface area contributed by atoms with Crippen molar-refractivity contribution in [2.24, 2.45) is 5.18 Å². The van der Waals surface area contributed by atoms with Crippen molar-refractivity contribution in [1.82, 2.24) is 9.97 Å². The molecule has 10 heteroatoms. The van der Waals surface area contributed by atoms with Crippen molar-refractivity contribution < 1.29 is 8.78 Å². The molecule has 0 radical (unpaired) electrons. The van der Waals surface area contributed by atoms with E-state index < -0.39 is 22.9 Å². The maximum Gasteiger partial charge on any atom is 0.171 e. The van der Waals surface area contributed by atoms with Crippen molar-refractivity contribution >= 4 is 41.9 Å². The lowest BCUT2D eigenvalue weighted by atomic mass is 10.0. The van der Waals surface area contributed by atoms with E-state index in [0.29, 0.717) is 5.56 Å². The Morgan fingerprint density at radius 2 is 2.00 bits per heavy atom. The Morgan fingerprint density at radius 3 is 2.69 bits per heavy atom. The van der Waals surface area contributed by atoms with Crippen LogP contribution in [0.3, 0.4) is 0 Å². The number of hydrogen-bond acceptors (Lipinski definition) is 7. The van der Waals surface area contributed by atoms with E-state index in [-0.39, 0.29) is 32.6 Å². The van der Waals surface area contributed by atoms with Crippen LogP contribution in [-0.2, 0) is 0 Å². The second-order valence-corrected chi connectivity index (χ2v) is 6.43. The number of nitrogens with two attached hydrogens (primary N) is 1. The number of aromatic nitrogens is 2. The summed E-state index contributed by atoms with van der Waals surface area (Å²) < 4.78 is 29.5. The van der Waals surface area contributed by atoms with Gasteiger partial charge in [0.1, 0.15) is 16.8 Å². The van der Waals surface area contributed by atoms with E-state index in [2.05, 4.69) is 39.6 Å². The van der Waals surface area contributed by atoms with E-state index in [1.807, 2.05) is 0 Å². The van der Waals surface area contributed by atoms with Gasteiger partial charge in [-0.05, 0) is 23.4 Å². The molecule has 3 N–H and O–H groups in total. The molecule has 1 aromatic carbocycles. The first-order valence-electron chi connectivity index (χ1n) is 7.84. The van der Waals surface area contributed by atoms with E-state index >= 15 is 0 Å². The lowest BCUT2D eigenvalue weighted by Crippen LogP contribution is -1.97. The van der Waals surface area contributed by atoms with E-state index in [4.69, 9.17) is 22.7 Å². The molecule has 0 atom stereocenters. The first kappa shape index (κ1) is 20.4. The van der Waals surface area contributed by atoms with Crippen molar-refractivity contribution in [3.8, 4) is 23.0 Å². The zero-order valence-electron chi connectivity index (χ0n) is 14.4. The van der Waals surface area contributed by atoms with Gasteiger partial charge in [0.05, 0.1) is 5.56 Å². The van der Waals surface area contributed by atoms with E-state index in [1.165, 1.54) is 24.5 Å². The molecular formula is C19H10ClF2N5OS. The van der Waals surface area contributed by atoms with Gasteiger partial charge >= 0.3 is 0 Å². The van der Waals surface area contributed by atoms with Gasteiger partial charge in [-0.15, -0.1) is 17.5 Å². The fraction of sp³-hybridized carbons (Fsp3) is 0. The van der Waals surface area contributed by atoms with Gasteiger partial charge in [-0.3, -0.25) is 0 Å². The Hall–Kier alpha value is -3.35. The molecule has 0 amide bonds. The minimum atomic E-state index is -1.22. The number of nitrogens with zero attached hydrogens (tertiary/aromatic N) is 3. The van der Waals surface area contributed by atoms with Crippen LogP contribution in [0, 0.1) is 33.8 Å². The quantitative estimate of drug-likeness (QED) is 0.184. The minimum Gasteiger partial charge on any atom is -0.383 e. The van der Waals surface area contributed by atoms with Crippen LogP contribution in [0.4, 0.5) is 20.3 Å². The molecule has 6 nitrogen and oxygen atoms in total. The third kappa shape index (κ3) is 3.94. The standard InChI is InChI=1S/C19H10ClF2N5OS/c20-18-17(29)11(3-4-25-18)13-6-14(21)12(15(22)16(13)27-28)2-1-9-5-10(7-23)19(24)26-8-9/h3-8,23,29H,(H2,24,26). The summed E-state index contributed by atoms with van der Waals surface area (Å²) in [6, 6.07) is 3.78. The summed E-state index contributed by atoms with van der Waals surface area (Å²) in [7, 11) is 0. The summed E-state index contributed by atoms with van der Waals surface area (Å²) in [6.07, 6.45) is 3.59. The first-order chi connectivity index (χ1) is 13.9. The highest BCUT2D eigenvalue weighted by Gasteiger charge is 2.21. The fourth-order valence-electron chi connectivity index (χ4n) is 2.47. The Morgan fingerprint density at radius 1 is 1.24 bits per heavy atom. The molecule has 0 aliphatic rings. The van der Waals surface area contributed by atoms with Gasteiger partial charge in [-0.25, -0.2) is 18.7 Å². The Balaban J connectivity index is 2.15. The highest BCUT2D eigenvalue weighted by molar-refractivity contribution is 7.80. The number of nitrogen functional groups attached to an aromatic ring is 1. The van der Waals surface area contributed by atoms with Crippen LogP contribution < -0.4 is 5.73 Å². The first-order valence-corrected chi connectivity index (χ1v) is 8.67. The van der Waals surface area contributed by atoms with Crippen LogP contribution in [0.1, 0.15) is 16.7 Å². The maximum atomic E-state index is 14.8. The molecule has 0 fully saturated rings. The third-order valence-electron chi connectivity index (χ3n) is 3.89. The largest absolute Gasteiger partial charge is 0.383 e. The lowest BCUT2D eigenvalue weighted by molar-refractivity contribution is 0.579. The SMILES string of the molecule is N=Cc1cc(C#Cc2c(F)cc(-c3ccnc(Cl)c3S)c(N=O)c2F)cnc1N.